The zero-order valence-electron chi connectivity index (χ0n) is 22.1. The Morgan fingerprint density at radius 3 is 2.33 bits per heavy atom. The molecule has 0 spiro atoms. The molecule has 8 heteroatoms. The monoisotopic (exact) mass is 524 g/mol. The Kier molecular flexibility index (Phi) is 7.63. The number of hydrogen-bond acceptors (Lipinski definition) is 5. The quantitative estimate of drug-likeness (QED) is 0.258. The maximum atomic E-state index is 13.1. The highest BCUT2D eigenvalue weighted by Crippen LogP contribution is 2.39. The van der Waals surface area contributed by atoms with Gasteiger partial charge in [0.25, 0.3) is 5.91 Å². The third-order valence-electron chi connectivity index (χ3n) is 7.21. The van der Waals surface area contributed by atoms with E-state index in [-0.39, 0.29) is 23.6 Å². The molecule has 3 aromatic carbocycles. The van der Waals surface area contributed by atoms with E-state index in [1.807, 2.05) is 42.5 Å². The van der Waals surface area contributed by atoms with E-state index in [4.69, 9.17) is 4.74 Å². The molecule has 0 saturated heterocycles. The highest BCUT2D eigenvalue weighted by Gasteiger charge is 2.27. The Bertz CT molecular complexity index is 1470. The van der Waals surface area contributed by atoms with Gasteiger partial charge in [-0.15, -0.1) is 0 Å². The first-order valence-electron chi connectivity index (χ1n) is 13.2. The minimum atomic E-state index is -0.323. The fraction of sp³-hybridized carbons (Fsp3) is 0.258. The second kappa shape index (κ2) is 11.4. The minimum Gasteiger partial charge on any atom is -0.507 e. The number of hydrogen-bond donors (Lipinski definition) is 3. The minimum absolute atomic E-state index is 0.0300. The fourth-order valence-corrected chi connectivity index (χ4v) is 4.60. The standard InChI is InChI=1S/C31H32N4O4/c1-3-20-7-11-23(12-8-20)30(37)33-24-13-16-26(29(36)17-24)27-18-28(22-5-4-6-22)35(34-27)31(38)32-19-21-9-14-25(39-2)15-10-21/h7-18,22,36H,3-6,19H2,1-2H3,(H,32,38)(H,33,37). The first-order chi connectivity index (χ1) is 18.9. The first-order valence-corrected chi connectivity index (χ1v) is 13.2. The molecule has 200 valence electrons. The predicted molar refractivity (Wildman–Crippen MR) is 150 cm³/mol. The number of nitrogens with one attached hydrogen (secondary N) is 2. The van der Waals surface area contributed by atoms with Crippen LogP contribution in [0.1, 0.15) is 59.3 Å². The number of carbonyl (C=O) groups is 2. The molecule has 3 N–H and O–H groups in total. The summed E-state index contributed by atoms with van der Waals surface area (Å²) in [6, 6.07) is 21.4. The molecule has 1 fully saturated rings. The van der Waals surface area contributed by atoms with Crippen LogP contribution in [0.5, 0.6) is 11.5 Å². The van der Waals surface area contributed by atoms with Gasteiger partial charge in [0.1, 0.15) is 11.5 Å². The largest absolute Gasteiger partial charge is 0.507 e. The van der Waals surface area contributed by atoms with Gasteiger partial charge in [0.15, 0.2) is 0 Å². The molecule has 8 nitrogen and oxygen atoms in total. The lowest BCUT2D eigenvalue weighted by molar-refractivity contribution is 0.102. The number of nitrogens with zero attached hydrogens (tertiary/aromatic N) is 2. The van der Waals surface area contributed by atoms with E-state index in [1.165, 1.54) is 10.7 Å². The second-order valence-electron chi connectivity index (χ2n) is 9.74. The molecule has 39 heavy (non-hydrogen) atoms. The van der Waals surface area contributed by atoms with Crippen LogP contribution in [0, 0.1) is 0 Å². The molecule has 1 heterocycles. The Morgan fingerprint density at radius 1 is 1.00 bits per heavy atom. The van der Waals surface area contributed by atoms with Crippen molar-refractivity contribution >= 4 is 17.6 Å². The van der Waals surface area contributed by atoms with Crippen molar-refractivity contribution in [3.63, 3.8) is 0 Å². The maximum Gasteiger partial charge on any atom is 0.342 e. The third kappa shape index (κ3) is 5.80. The number of methoxy groups -OCH3 is 1. The summed E-state index contributed by atoms with van der Waals surface area (Å²) in [4.78, 5) is 25.8. The number of anilines is 1. The summed E-state index contributed by atoms with van der Waals surface area (Å²) in [5.74, 6) is 0.718. The topological polar surface area (TPSA) is 105 Å². The number of benzene rings is 3. The molecule has 1 aliphatic rings. The van der Waals surface area contributed by atoms with Gasteiger partial charge in [-0.25, -0.2) is 4.79 Å². The van der Waals surface area contributed by atoms with Crippen molar-refractivity contribution in [2.24, 2.45) is 0 Å². The molecule has 1 aliphatic carbocycles. The molecular weight excluding hydrogens is 492 g/mol. The van der Waals surface area contributed by atoms with E-state index in [0.717, 1.165) is 48.3 Å². The van der Waals surface area contributed by atoms with Crippen molar-refractivity contribution in [3.05, 3.63) is 95.2 Å². The predicted octanol–water partition coefficient (Wildman–Crippen LogP) is 6.10. The van der Waals surface area contributed by atoms with E-state index in [1.54, 1.807) is 31.4 Å². The fourth-order valence-electron chi connectivity index (χ4n) is 4.60. The highest BCUT2D eigenvalue weighted by molar-refractivity contribution is 6.04. The van der Waals surface area contributed by atoms with Gasteiger partial charge in [0.2, 0.25) is 0 Å². The normalized spacial score (nSPS) is 13.0. The zero-order valence-corrected chi connectivity index (χ0v) is 22.1. The Morgan fingerprint density at radius 2 is 1.72 bits per heavy atom. The molecule has 0 bridgehead atoms. The molecular formula is C31H32N4O4. The van der Waals surface area contributed by atoms with Crippen LogP contribution >= 0.6 is 0 Å². The lowest BCUT2D eigenvalue weighted by Gasteiger charge is -2.25. The summed E-state index contributed by atoms with van der Waals surface area (Å²) in [7, 11) is 1.61. The number of ether oxygens (including phenoxy) is 1. The number of rotatable bonds is 8. The van der Waals surface area contributed by atoms with Crippen molar-refractivity contribution in [2.75, 3.05) is 12.4 Å². The van der Waals surface area contributed by atoms with Crippen LogP contribution < -0.4 is 15.4 Å². The van der Waals surface area contributed by atoms with Crippen LogP contribution in [0.2, 0.25) is 0 Å². The average molecular weight is 525 g/mol. The average Bonchev–Trinajstić information content (AvgIpc) is 3.35. The molecule has 2 amide bonds. The Balaban J connectivity index is 1.32. The molecule has 5 rings (SSSR count). The summed E-state index contributed by atoms with van der Waals surface area (Å²) >= 11 is 0. The number of aromatic hydroxyl groups is 1. The molecule has 4 aromatic rings. The second-order valence-corrected chi connectivity index (χ2v) is 9.74. The molecule has 0 radical (unpaired) electrons. The van der Waals surface area contributed by atoms with E-state index in [2.05, 4.69) is 22.7 Å². The van der Waals surface area contributed by atoms with Gasteiger partial charge < -0.3 is 20.5 Å². The molecule has 0 unspecified atom stereocenters. The summed E-state index contributed by atoms with van der Waals surface area (Å²) in [6.45, 7) is 2.41. The molecule has 0 aliphatic heterocycles. The van der Waals surface area contributed by atoms with E-state index in [0.29, 0.717) is 29.1 Å². The zero-order chi connectivity index (χ0) is 27.4. The lowest BCUT2D eigenvalue weighted by atomic mass is 9.82. The number of amides is 2. The van der Waals surface area contributed by atoms with Crippen molar-refractivity contribution < 1.29 is 19.4 Å². The highest BCUT2D eigenvalue weighted by atomic mass is 16.5. The van der Waals surface area contributed by atoms with Crippen molar-refractivity contribution in [1.29, 1.82) is 0 Å². The number of carbonyl (C=O) groups excluding carboxylic acids is 2. The first kappa shape index (κ1) is 26.0. The maximum absolute atomic E-state index is 13.1. The summed E-state index contributed by atoms with van der Waals surface area (Å²) < 4.78 is 6.61. The number of phenolic OH excluding ortho intramolecular Hbond substituents is 1. The summed E-state index contributed by atoms with van der Waals surface area (Å²) in [6.07, 6.45) is 4.00. The Hall–Kier alpha value is -4.59. The third-order valence-corrected chi connectivity index (χ3v) is 7.21. The van der Waals surface area contributed by atoms with Gasteiger partial charge in [-0.2, -0.15) is 9.78 Å². The van der Waals surface area contributed by atoms with Crippen LogP contribution in [0.4, 0.5) is 10.5 Å². The molecule has 1 saturated carbocycles. The van der Waals surface area contributed by atoms with E-state index >= 15 is 0 Å². The van der Waals surface area contributed by atoms with Crippen LogP contribution in [-0.2, 0) is 13.0 Å². The van der Waals surface area contributed by atoms with Gasteiger partial charge in [-0.05, 0) is 72.9 Å². The molecule has 1 aromatic heterocycles. The van der Waals surface area contributed by atoms with Crippen LogP contribution in [-0.4, -0.2) is 33.9 Å². The van der Waals surface area contributed by atoms with E-state index < -0.39 is 0 Å². The Labute approximate surface area is 227 Å². The van der Waals surface area contributed by atoms with Gasteiger partial charge in [0.05, 0.1) is 18.5 Å². The van der Waals surface area contributed by atoms with Crippen molar-refractivity contribution in [3.8, 4) is 22.8 Å². The number of aromatic nitrogens is 2. The van der Waals surface area contributed by atoms with Gasteiger partial charge >= 0.3 is 6.03 Å². The summed E-state index contributed by atoms with van der Waals surface area (Å²) in [5.41, 5.74) is 4.93. The van der Waals surface area contributed by atoms with Gasteiger partial charge in [0, 0.05) is 35.3 Å². The number of aryl methyl sites for hydroxylation is 1. The van der Waals surface area contributed by atoms with Crippen LogP contribution in [0.15, 0.2) is 72.8 Å². The van der Waals surface area contributed by atoms with Gasteiger partial charge in [-0.1, -0.05) is 37.6 Å². The van der Waals surface area contributed by atoms with E-state index in [9.17, 15) is 14.7 Å². The van der Waals surface area contributed by atoms with Crippen LogP contribution in [0.25, 0.3) is 11.3 Å². The van der Waals surface area contributed by atoms with Gasteiger partial charge in [-0.3, -0.25) is 4.79 Å². The lowest BCUT2D eigenvalue weighted by Crippen LogP contribution is -2.31. The SMILES string of the molecule is CCc1ccc(C(=O)Nc2ccc(-c3cc(C4CCC4)n(C(=O)NCc4ccc(OC)cc4)n3)c(O)c2)cc1. The summed E-state index contributed by atoms with van der Waals surface area (Å²) in [5, 5.41) is 21.2. The van der Waals surface area contributed by atoms with Crippen LogP contribution in [0.3, 0.4) is 0 Å². The van der Waals surface area contributed by atoms with Crippen molar-refractivity contribution in [2.45, 2.75) is 45.1 Å². The molecule has 0 atom stereocenters. The smallest absolute Gasteiger partial charge is 0.342 e. The van der Waals surface area contributed by atoms with Crippen molar-refractivity contribution in [1.82, 2.24) is 15.1 Å². The number of phenols is 1.